The molecule has 0 bridgehead atoms. The molecule has 0 radical (unpaired) electrons. The van der Waals surface area contributed by atoms with Gasteiger partial charge in [-0.05, 0) is 65.3 Å². The van der Waals surface area contributed by atoms with E-state index in [9.17, 15) is 0 Å². The van der Waals surface area contributed by atoms with Crippen molar-refractivity contribution in [2.45, 2.75) is 45.6 Å². The zero-order valence-corrected chi connectivity index (χ0v) is 11.0. The fourth-order valence-corrected chi connectivity index (χ4v) is 2.37. The molecule has 1 aliphatic heterocycles. The Bertz CT molecular complexity index is 160. The third-order valence-corrected chi connectivity index (χ3v) is 3.60. The predicted octanol–water partition coefficient (Wildman–Crippen LogP) is 2.45. The van der Waals surface area contributed by atoms with Crippen LogP contribution < -0.4 is 0 Å². The SMILES string of the molecule is CC(C)CCCN(C)C1CCN(C)CC1. The van der Waals surface area contributed by atoms with E-state index in [2.05, 4.69) is 37.7 Å². The van der Waals surface area contributed by atoms with Gasteiger partial charge in [-0.25, -0.2) is 0 Å². The first-order valence-corrected chi connectivity index (χ1v) is 6.48. The molecule has 0 amide bonds. The van der Waals surface area contributed by atoms with E-state index in [0.29, 0.717) is 0 Å². The number of rotatable bonds is 5. The van der Waals surface area contributed by atoms with Gasteiger partial charge in [0, 0.05) is 6.04 Å². The van der Waals surface area contributed by atoms with Crippen molar-refractivity contribution in [3.63, 3.8) is 0 Å². The third-order valence-electron chi connectivity index (χ3n) is 3.60. The van der Waals surface area contributed by atoms with Crippen molar-refractivity contribution in [2.75, 3.05) is 33.7 Å². The molecule has 2 heteroatoms. The second kappa shape index (κ2) is 6.49. The number of piperidine rings is 1. The predicted molar refractivity (Wildman–Crippen MR) is 67.2 cm³/mol. The highest BCUT2D eigenvalue weighted by atomic mass is 15.2. The zero-order valence-electron chi connectivity index (χ0n) is 11.0. The van der Waals surface area contributed by atoms with Crippen molar-refractivity contribution in [3.05, 3.63) is 0 Å². The van der Waals surface area contributed by atoms with Crippen LogP contribution in [0.1, 0.15) is 39.5 Å². The molecule has 1 fully saturated rings. The molecule has 15 heavy (non-hydrogen) atoms. The summed E-state index contributed by atoms with van der Waals surface area (Å²) in [6.07, 6.45) is 5.45. The standard InChI is InChI=1S/C13H28N2/c1-12(2)6-5-9-15(4)13-7-10-14(3)11-8-13/h12-13H,5-11H2,1-4H3. The molecule has 1 rings (SSSR count). The van der Waals surface area contributed by atoms with Gasteiger partial charge in [0.05, 0.1) is 0 Å². The van der Waals surface area contributed by atoms with Crippen LogP contribution in [0.2, 0.25) is 0 Å². The normalized spacial score (nSPS) is 20.4. The van der Waals surface area contributed by atoms with Crippen LogP contribution >= 0.6 is 0 Å². The first kappa shape index (κ1) is 13.0. The Balaban J connectivity index is 2.13. The van der Waals surface area contributed by atoms with E-state index in [1.807, 2.05) is 0 Å². The first-order chi connectivity index (χ1) is 7.09. The van der Waals surface area contributed by atoms with Crippen molar-refractivity contribution in [3.8, 4) is 0 Å². The molecular formula is C13H28N2. The summed E-state index contributed by atoms with van der Waals surface area (Å²) >= 11 is 0. The molecule has 0 N–H and O–H groups in total. The Morgan fingerprint density at radius 1 is 1.27 bits per heavy atom. The largest absolute Gasteiger partial charge is 0.306 e. The lowest BCUT2D eigenvalue weighted by atomic mass is 10.0. The van der Waals surface area contributed by atoms with Crippen molar-refractivity contribution in [1.82, 2.24) is 9.80 Å². The van der Waals surface area contributed by atoms with Gasteiger partial charge in [0.25, 0.3) is 0 Å². The number of hydrogen-bond donors (Lipinski definition) is 0. The van der Waals surface area contributed by atoms with E-state index in [1.165, 1.54) is 45.3 Å². The maximum absolute atomic E-state index is 2.58. The molecule has 0 aliphatic carbocycles. The fraction of sp³-hybridized carbons (Fsp3) is 1.00. The lowest BCUT2D eigenvalue weighted by Gasteiger charge is -2.35. The van der Waals surface area contributed by atoms with Crippen LogP contribution in [0.15, 0.2) is 0 Å². The van der Waals surface area contributed by atoms with Crippen LogP contribution in [0.25, 0.3) is 0 Å². The van der Waals surface area contributed by atoms with Crippen molar-refractivity contribution >= 4 is 0 Å². The molecule has 2 nitrogen and oxygen atoms in total. The Hall–Kier alpha value is -0.0800. The molecular weight excluding hydrogens is 184 g/mol. The van der Waals surface area contributed by atoms with Gasteiger partial charge in [0.2, 0.25) is 0 Å². The highest BCUT2D eigenvalue weighted by molar-refractivity contribution is 4.76. The van der Waals surface area contributed by atoms with E-state index in [1.54, 1.807) is 0 Å². The molecule has 90 valence electrons. The average molecular weight is 212 g/mol. The Kier molecular flexibility index (Phi) is 5.62. The van der Waals surface area contributed by atoms with Gasteiger partial charge >= 0.3 is 0 Å². The summed E-state index contributed by atoms with van der Waals surface area (Å²) in [5.41, 5.74) is 0. The van der Waals surface area contributed by atoms with Gasteiger partial charge in [-0.2, -0.15) is 0 Å². The van der Waals surface area contributed by atoms with Gasteiger partial charge < -0.3 is 9.80 Å². The van der Waals surface area contributed by atoms with Gasteiger partial charge in [-0.3, -0.25) is 0 Å². The number of nitrogens with zero attached hydrogens (tertiary/aromatic N) is 2. The Morgan fingerprint density at radius 3 is 2.40 bits per heavy atom. The maximum atomic E-state index is 2.58. The summed E-state index contributed by atoms with van der Waals surface area (Å²) in [4.78, 5) is 5.02. The molecule has 1 aliphatic rings. The summed E-state index contributed by atoms with van der Waals surface area (Å²) in [6, 6.07) is 0.841. The minimum absolute atomic E-state index is 0.841. The molecule has 1 heterocycles. The van der Waals surface area contributed by atoms with Gasteiger partial charge in [-0.1, -0.05) is 13.8 Å². The van der Waals surface area contributed by atoms with Crippen LogP contribution in [0, 0.1) is 5.92 Å². The molecule has 0 spiro atoms. The number of hydrogen-bond acceptors (Lipinski definition) is 2. The van der Waals surface area contributed by atoms with E-state index in [-0.39, 0.29) is 0 Å². The topological polar surface area (TPSA) is 6.48 Å². The van der Waals surface area contributed by atoms with Crippen molar-refractivity contribution in [1.29, 1.82) is 0 Å². The molecule has 0 aromatic heterocycles. The van der Waals surface area contributed by atoms with Crippen LogP contribution in [-0.4, -0.2) is 49.6 Å². The minimum Gasteiger partial charge on any atom is -0.306 e. The van der Waals surface area contributed by atoms with Crippen LogP contribution in [0.4, 0.5) is 0 Å². The smallest absolute Gasteiger partial charge is 0.0117 e. The second-order valence-corrected chi connectivity index (χ2v) is 5.55. The monoisotopic (exact) mass is 212 g/mol. The summed E-state index contributed by atoms with van der Waals surface area (Å²) in [6.45, 7) is 8.47. The molecule has 0 atom stereocenters. The van der Waals surface area contributed by atoms with Gasteiger partial charge in [0.1, 0.15) is 0 Å². The fourth-order valence-electron chi connectivity index (χ4n) is 2.37. The molecule has 0 saturated carbocycles. The van der Waals surface area contributed by atoms with Crippen LogP contribution in [0.5, 0.6) is 0 Å². The molecule has 0 aromatic rings. The van der Waals surface area contributed by atoms with Crippen molar-refractivity contribution < 1.29 is 0 Å². The summed E-state index contributed by atoms with van der Waals surface area (Å²) in [7, 11) is 4.53. The molecule has 0 aromatic carbocycles. The third kappa shape index (κ3) is 4.98. The van der Waals surface area contributed by atoms with E-state index < -0.39 is 0 Å². The average Bonchev–Trinajstić information content (AvgIpc) is 2.18. The highest BCUT2D eigenvalue weighted by Crippen LogP contribution is 2.15. The van der Waals surface area contributed by atoms with E-state index >= 15 is 0 Å². The summed E-state index contributed by atoms with van der Waals surface area (Å²) in [5, 5.41) is 0. The van der Waals surface area contributed by atoms with Crippen LogP contribution in [0.3, 0.4) is 0 Å². The zero-order chi connectivity index (χ0) is 11.3. The number of likely N-dealkylation sites (tertiary alicyclic amines) is 1. The highest BCUT2D eigenvalue weighted by Gasteiger charge is 2.19. The van der Waals surface area contributed by atoms with Gasteiger partial charge in [-0.15, -0.1) is 0 Å². The van der Waals surface area contributed by atoms with E-state index in [0.717, 1.165) is 12.0 Å². The minimum atomic E-state index is 0.841. The summed E-state index contributed by atoms with van der Waals surface area (Å²) in [5.74, 6) is 0.857. The first-order valence-electron chi connectivity index (χ1n) is 6.48. The lowest BCUT2D eigenvalue weighted by Crippen LogP contribution is -2.42. The maximum Gasteiger partial charge on any atom is 0.0117 e. The molecule has 1 saturated heterocycles. The van der Waals surface area contributed by atoms with Gasteiger partial charge in [0.15, 0.2) is 0 Å². The van der Waals surface area contributed by atoms with Crippen molar-refractivity contribution in [2.24, 2.45) is 5.92 Å². The Morgan fingerprint density at radius 2 is 1.87 bits per heavy atom. The second-order valence-electron chi connectivity index (χ2n) is 5.55. The quantitative estimate of drug-likeness (QED) is 0.691. The molecule has 0 unspecified atom stereocenters. The Labute approximate surface area is 95.6 Å². The lowest BCUT2D eigenvalue weighted by molar-refractivity contribution is 0.142. The summed E-state index contributed by atoms with van der Waals surface area (Å²) < 4.78 is 0. The van der Waals surface area contributed by atoms with E-state index in [4.69, 9.17) is 0 Å². The van der Waals surface area contributed by atoms with Crippen LogP contribution in [-0.2, 0) is 0 Å².